The van der Waals surface area contributed by atoms with Gasteiger partial charge in [0.25, 0.3) is 5.56 Å². The smallest absolute Gasteiger partial charge is 0.270 e. The van der Waals surface area contributed by atoms with Crippen molar-refractivity contribution in [2.24, 2.45) is 0 Å². The molecule has 0 saturated heterocycles. The number of hydrogen-bond donors (Lipinski definition) is 0. The number of hydrogen-bond acceptors (Lipinski definition) is 4. The maximum atomic E-state index is 13.3. The van der Waals surface area contributed by atoms with Crippen molar-refractivity contribution in [2.75, 3.05) is 0 Å². The number of rotatable bonds is 3. The topological polar surface area (TPSA) is 52.0 Å². The number of nitrogens with zero attached hydrogens (tertiary/aromatic N) is 2. The summed E-state index contributed by atoms with van der Waals surface area (Å²) in [5.74, 6) is 0.651. The van der Waals surface area contributed by atoms with Gasteiger partial charge >= 0.3 is 0 Å². The van der Waals surface area contributed by atoms with Gasteiger partial charge in [0.15, 0.2) is 0 Å². The summed E-state index contributed by atoms with van der Waals surface area (Å²) in [6.45, 7) is 2.03. The third-order valence-electron chi connectivity index (χ3n) is 4.24. The van der Waals surface area contributed by atoms with E-state index in [0.717, 1.165) is 11.1 Å². The van der Waals surface area contributed by atoms with E-state index in [9.17, 15) is 9.59 Å². The molecule has 2 aromatic carbocycles. The summed E-state index contributed by atoms with van der Waals surface area (Å²) >= 11 is 7.35. The van der Waals surface area contributed by atoms with Crippen LogP contribution in [0.15, 0.2) is 58.1 Å². The van der Waals surface area contributed by atoms with Crippen molar-refractivity contribution >= 4 is 43.2 Å². The van der Waals surface area contributed by atoms with Crippen LogP contribution in [0.4, 0.5) is 0 Å². The predicted molar refractivity (Wildman–Crippen MR) is 108 cm³/mol. The average molecular weight is 383 g/mol. The maximum absolute atomic E-state index is 13.3. The average Bonchev–Trinajstić information content (AvgIpc) is 2.63. The molecule has 4 aromatic rings. The van der Waals surface area contributed by atoms with E-state index < -0.39 is 0 Å². The molecule has 0 N–H and O–H groups in total. The van der Waals surface area contributed by atoms with Crippen LogP contribution in [0.5, 0.6) is 0 Å². The zero-order chi connectivity index (χ0) is 18.3. The first-order valence-electron chi connectivity index (χ1n) is 8.33. The first-order chi connectivity index (χ1) is 12.6. The molecule has 0 aliphatic carbocycles. The highest BCUT2D eigenvalue weighted by atomic mass is 35.5. The lowest BCUT2D eigenvalue weighted by Gasteiger charge is -2.13. The first-order valence-corrected chi connectivity index (χ1v) is 9.53. The molecule has 6 heteroatoms. The standard InChI is InChI=1S/C20H15ClN2O2S/c1-2-5-16-22-19-17(18(24)14-6-3-4-7-15(14)26-19)20(25)23(16)13-10-8-12(21)9-11-13/h3-4,6-11H,2,5H2,1H3. The van der Waals surface area contributed by atoms with Crippen molar-refractivity contribution < 1.29 is 0 Å². The fraction of sp³-hybridized carbons (Fsp3) is 0.150. The largest absolute Gasteiger partial charge is 0.288 e. The molecule has 0 saturated carbocycles. The molecule has 0 radical (unpaired) electrons. The van der Waals surface area contributed by atoms with Gasteiger partial charge in [-0.05, 0) is 42.8 Å². The summed E-state index contributed by atoms with van der Waals surface area (Å²) in [6.07, 6.45) is 1.48. The monoisotopic (exact) mass is 382 g/mol. The van der Waals surface area contributed by atoms with Crippen LogP contribution in [0.3, 0.4) is 0 Å². The summed E-state index contributed by atoms with van der Waals surface area (Å²) in [7, 11) is 0. The molecule has 0 amide bonds. The maximum Gasteiger partial charge on any atom is 0.270 e. The molecule has 0 unspecified atom stereocenters. The predicted octanol–water partition coefficient (Wildman–Crippen LogP) is 4.57. The number of fused-ring (bicyclic) bond motifs is 2. The molecule has 0 spiro atoms. The molecule has 2 heterocycles. The van der Waals surface area contributed by atoms with E-state index >= 15 is 0 Å². The number of halogens is 1. The lowest BCUT2D eigenvalue weighted by atomic mass is 10.2. The van der Waals surface area contributed by atoms with E-state index in [1.807, 2.05) is 19.1 Å². The molecular formula is C20H15ClN2O2S. The highest BCUT2D eigenvalue weighted by Crippen LogP contribution is 2.23. The van der Waals surface area contributed by atoms with Crippen LogP contribution in [0.2, 0.25) is 5.02 Å². The van der Waals surface area contributed by atoms with E-state index in [2.05, 4.69) is 4.98 Å². The quantitative estimate of drug-likeness (QED) is 0.488. The molecule has 0 aliphatic rings. The Morgan fingerprint density at radius 2 is 1.81 bits per heavy atom. The molecule has 0 bridgehead atoms. The van der Waals surface area contributed by atoms with E-state index in [-0.39, 0.29) is 16.4 Å². The third kappa shape index (κ3) is 2.73. The lowest BCUT2D eigenvalue weighted by molar-refractivity contribution is 0.775. The molecule has 0 aliphatic heterocycles. The Hall–Kier alpha value is -2.50. The SMILES string of the molecule is CCCc1nc2sc3ccccc3c(=O)c2c(=O)n1-c1ccc(Cl)cc1. The van der Waals surface area contributed by atoms with E-state index in [4.69, 9.17) is 11.6 Å². The Morgan fingerprint density at radius 1 is 1.08 bits per heavy atom. The molecule has 2 aromatic heterocycles. The lowest BCUT2D eigenvalue weighted by Crippen LogP contribution is -2.27. The molecule has 130 valence electrons. The zero-order valence-corrected chi connectivity index (χ0v) is 15.6. The van der Waals surface area contributed by atoms with Crippen LogP contribution in [0.25, 0.3) is 26.0 Å². The van der Waals surface area contributed by atoms with Crippen molar-refractivity contribution in [3.8, 4) is 5.69 Å². The summed E-state index contributed by atoms with van der Waals surface area (Å²) in [5.41, 5.74) is 0.0696. The van der Waals surface area contributed by atoms with Crippen LogP contribution in [0, 0.1) is 0 Å². The number of benzene rings is 2. The number of aromatic nitrogens is 2. The van der Waals surface area contributed by atoms with Gasteiger partial charge in [0.05, 0.1) is 5.69 Å². The molecule has 26 heavy (non-hydrogen) atoms. The second-order valence-corrected chi connectivity index (χ2v) is 7.47. The molecule has 0 fully saturated rings. The van der Waals surface area contributed by atoms with Crippen LogP contribution in [-0.4, -0.2) is 9.55 Å². The van der Waals surface area contributed by atoms with Gasteiger partial charge < -0.3 is 0 Å². The van der Waals surface area contributed by atoms with Crippen molar-refractivity contribution in [3.63, 3.8) is 0 Å². The van der Waals surface area contributed by atoms with Gasteiger partial charge in [-0.25, -0.2) is 4.98 Å². The number of aryl methyl sites for hydroxylation is 1. The van der Waals surface area contributed by atoms with Gasteiger partial charge in [-0.1, -0.05) is 30.7 Å². The Morgan fingerprint density at radius 3 is 2.54 bits per heavy atom. The molecule has 4 rings (SSSR count). The summed E-state index contributed by atoms with van der Waals surface area (Å²) in [6, 6.07) is 14.3. The van der Waals surface area contributed by atoms with Gasteiger partial charge in [0.1, 0.15) is 16.0 Å². The second kappa shape index (κ2) is 6.67. The minimum Gasteiger partial charge on any atom is -0.288 e. The fourth-order valence-corrected chi connectivity index (χ4v) is 4.23. The van der Waals surface area contributed by atoms with Gasteiger partial charge in [-0.15, -0.1) is 11.3 Å². The zero-order valence-electron chi connectivity index (χ0n) is 14.0. The van der Waals surface area contributed by atoms with E-state index in [1.54, 1.807) is 36.4 Å². The normalized spacial score (nSPS) is 11.3. The summed E-state index contributed by atoms with van der Waals surface area (Å²) in [5, 5.41) is 1.28. The van der Waals surface area contributed by atoms with Gasteiger partial charge in [-0.3, -0.25) is 14.2 Å². The van der Waals surface area contributed by atoms with Crippen molar-refractivity contribution in [1.82, 2.24) is 9.55 Å². The minimum absolute atomic E-state index is 0.142. The Balaban J connectivity index is 2.15. The minimum atomic E-state index is -0.326. The molecule has 4 nitrogen and oxygen atoms in total. The van der Waals surface area contributed by atoms with E-state index in [0.29, 0.717) is 33.2 Å². The summed E-state index contributed by atoms with van der Waals surface area (Å²) < 4.78 is 2.37. The van der Waals surface area contributed by atoms with Crippen LogP contribution >= 0.6 is 22.9 Å². The Bertz CT molecular complexity index is 1240. The second-order valence-electron chi connectivity index (χ2n) is 6.00. The Kier molecular flexibility index (Phi) is 4.34. The van der Waals surface area contributed by atoms with Crippen LogP contribution in [-0.2, 0) is 6.42 Å². The first kappa shape index (κ1) is 16.9. The van der Waals surface area contributed by atoms with Gasteiger partial charge in [0, 0.05) is 21.5 Å². The summed E-state index contributed by atoms with van der Waals surface area (Å²) in [4.78, 5) is 31.4. The van der Waals surface area contributed by atoms with Crippen LogP contribution < -0.4 is 11.0 Å². The van der Waals surface area contributed by atoms with Gasteiger partial charge in [0.2, 0.25) is 5.43 Å². The van der Waals surface area contributed by atoms with Gasteiger partial charge in [-0.2, -0.15) is 0 Å². The van der Waals surface area contributed by atoms with Crippen molar-refractivity contribution in [2.45, 2.75) is 19.8 Å². The fourth-order valence-electron chi connectivity index (χ4n) is 3.04. The van der Waals surface area contributed by atoms with Crippen LogP contribution in [0.1, 0.15) is 19.2 Å². The van der Waals surface area contributed by atoms with Crippen molar-refractivity contribution in [1.29, 1.82) is 0 Å². The molecule has 0 atom stereocenters. The Labute approximate surface area is 158 Å². The highest BCUT2D eigenvalue weighted by molar-refractivity contribution is 7.24. The third-order valence-corrected chi connectivity index (χ3v) is 5.56. The highest BCUT2D eigenvalue weighted by Gasteiger charge is 2.17. The van der Waals surface area contributed by atoms with E-state index in [1.165, 1.54) is 15.9 Å². The molecular weight excluding hydrogens is 368 g/mol. The van der Waals surface area contributed by atoms with Crippen molar-refractivity contribution in [3.05, 3.63) is 80.0 Å².